The van der Waals surface area contributed by atoms with Crippen LogP contribution in [0.3, 0.4) is 0 Å². The predicted octanol–water partition coefficient (Wildman–Crippen LogP) is 3.82. The van der Waals surface area contributed by atoms with Crippen molar-refractivity contribution >= 4 is 60.3 Å². The van der Waals surface area contributed by atoms with E-state index >= 15 is 0 Å². The summed E-state index contributed by atoms with van der Waals surface area (Å²) < 4.78 is 23.9. The quantitative estimate of drug-likeness (QED) is 0.861. The average molecular weight is 395 g/mol. The van der Waals surface area contributed by atoms with Crippen molar-refractivity contribution in [1.29, 1.82) is 0 Å². The molecule has 0 unspecified atom stereocenters. The van der Waals surface area contributed by atoms with Crippen LogP contribution in [0.1, 0.15) is 9.67 Å². The number of carbonyl (C=O) groups is 1. The maximum atomic E-state index is 12.0. The van der Waals surface area contributed by atoms with Crippen LogP contribution in [0.5, 0.6) is 0 Å². The van der Waals surface area contributed by atoms with Gasteiger partial charge in [0.1, 0.15) is 0 Å². The first-order valence-electron chi connectivity index (χ1n) is 5.32. The summed E-state index contributed by atoms with van der Waals surface area (Å²) in [6.45, 7) is 0. The van der Waals surface area contributed by atoms with Gasteiger partial charge in [-0.25, -0.2) is 8.42 Å². The zero-order valence-electron chi connectivity index (χ0n) is 10.2. The summed E-state index contributed by atoms with van der Waals surface area (Å²) in [5.41, 5.74) is 0.340. The van der Waals surface area contributed by atoms with Crippen LogP contribution in [0.15, 0.2) is 39.0 Å². The molecule has 1 aromatic heterocycles. The van der Waals surface area contributed by atoms with Gasteiger partial charge in [-0.15, -0.1) is 11.3 Å². The van der Waals surface area contributed by atoms with Crippen molar-refractivity contribution in [3.63, 3.8) is 0 Å². The van der Waals surface area contributed by atoms with Crippen molar-refractivity contribution in [2.75, 3.05) is 11.6 Å². The third-order valence-corrected chi connectivity index (χ3v) is 5.35. The molecule has 106 valence electrons. The Morgan fingerprint density at radius 1 is 1.30 bits per heavy atom. The highest BCUT2D eigenvalue weighted by molar-refractivity contribution is 9.10. The summed E-state index contributed by atoms with van der Waals surface area (Å²) in [7, 11) is -3.38. The van der Waals surface area contributed by atoms with Gasteiger partial charge in [0.15, 0.2) is 9.84 Å². The van der Waals surface area contributed by atoms with E-state index in [1.807, 2.05) is 0 Å². The Labute approximate surface area is 133 Å². The average Bonchev–Trinajstić information content (AvgIpc) is 2.74. The smallest absolute Gasteiger partial charge is 0.265 e. The molecule has 0 spiro atoms. The number of sulfone groups is 1. The second-order valence-electron chi connectivity index (χ2n) is 4.03. The maximum absolute atomic E-state index is 12.0. The topological polar surface area (TPSA) is 63.2 Å². The zero-order chi connectivity index (χ0) is 14.9. The number of carbonyl (C=O) groups excluding carboxylic acids is 1. The van der Waals surface area contributed by atoms with E-state index in [-0.39, 0.29) is 15.8 Å². The highest BCUT2D eigenvalue weighted by atomic mass is 79.9. The molecule has 0 fully saturated rings. The van der Waals surface area contributed by atoms with Gasteiger partial charge in [-0.05, 0) is 40.2 Å². The van der Waals surface area contributed by atoms with Crippen molar-refractivity contribution in [2.45, 2.75) is 4.90 Å². The molecular weight excluding hydrogens is 386 g/mol. The van der Waals surface area contributed by atoms with Crippen LogP contribution in [-0.2, 0) is 9.84 Å². The van der Waals surface area contributed by atoms with E-state index in [2.05, 4.69) is 21.2 Å². The first-order chi connectivity index (χ1) is 9.25. The van der Waals surface area contributed by atoms with E-state index < -0.39 is 9.84 Å². The number of anilines is 1. The number of halogens is 2. The number of amides is 1. The van der Waals surface area contributed by atoms with Gasteiger partial charge in [0.25, 0.3) is 5.91 Å². The van der Waals surface area contributed by atoms with Crippen LogP contribution in [0.25, 0.3) is 0 Å². The lowest BCUT2D eigenvalue weighted by molar-refractivity contribution is 0.103. The van der Waals surface area contributed by atoms with Gasteiger partial charge >= 0.3 is 0 Å². The van der Waals surface area contributed by atoms with Gasteiger partial charge < -0.3 is 5.32 Å². The van der Waals surface area contributed by atoms with Gasteiger partial charge in [0.2, 0.25) is 0 Å². The van der Waals surface area contributed by atoms with E-state index in [0.717, 1.165) is 10.7 Å². The minimum absolute atomic E-state index is 0.0626. The van der Waals surface area contributed by atoms with Gasteiger partial charge in [-0.3, -0.25) is 4.79 Å². The third-order valence-electron chi connectivity index (χ3n) is 2.35. The molecule has 8 heteroatoms. The first-order valence-corrected chi connectivity index (χ1v) is 9.26. The van der Waals surface area contributed by atoms with Crippen molar-refractivity contribution in [1.82, 2.24) is 0 Å². The minimum atomic E-state index is -3.38. The van der Waals surface area contributed by atoms with Crippen molar-refractivity contribution in [3.05, 3.63) is 44.0 Å². The molecular formula is C12H9BrClNO3S2. The first kappa shape index (κ1) is 15.5. The van der Waals surface area contributed by atoms with E-state index in [4.69, 9.17) is 11.6 Å². The lowest BCUT2D eigenvalue weighted by Crippen LogP contribution is -2.10. The van der Waals surface area contributed by atoms with E-state index in [1.54, 1.807) is 11.4 Å². The Balaban J connectivity index is 2.30. The SMILES string of the molecule is CS(=O)(=O)c1cc(Cl)cc(NC(=O)c2cc(Br)cs2)c1. The van der Waals surface area contributed by atoms with Crippen LogP contribution in [-0.4, -0.2) is 20.6 Å². The molecule has 1 N–H and O–H groups in total. The molecule has 2 aromatic rings. The van der Waals surface area contributed by atoms with Crippen molar-refractivity contribution in [2.24, 2.45) is 0 Å². The molecule has 0 aliphatic heterocycles. The number of rotatable bonds is 3. The third kappa shape index (κ3) is 3.82. The van der Waals surface area contributed by atoms with E-state index in [9.17, 15) is 13.2 Å². The Morgan fingerprint density at radius 3 is 2.55 bits per heavy atom. The summed E-state index contributed by atoms with van der Waals surface area (Å²) >= 11 is 10.4. The van der Waals surface area contributed by atoms with Crippen LogP contribution >= 0.6 is 38.9 Å². The largest absolute Gasteiger partial charge is 0.321 e. The van der Waals surface area contributed by atoms with Crippen molar-refractivity contribution in [3.8, 4) is 0 Å². The monoisotopic (exact) mass is 393 g/mol. The molecule has 1 amide bonds. The van der Waals surface area contributed by atoms with Gasteiger partial charge in [0, 0.05) is 26.8 Å². The second-order valence-corrected chi connectivity index (χ2v) is 8.31. The van der Waals surface area contributed by atoms with Gasteiger partial charge in [-0.2, -0.15) is 0 Å². The number of thiophene rings is 1. The van der Waals surface area contributed by atoms with Crippen LogP contribution in [0.2, 0.25) is 5.02 Å². The molecule has 4 nitrogen and oxygen atoms in total. The summed E-state index contributed by atoms with van der Waals surface area (Å²) in [4.78, 5) is 12.6. The highest BCUT2D eigenvalue weighted by Crippen LogP contribution is 2.24. The number of hydrogen-bond acceptors (Lipinski definition) is 4. The fraction of sp³-hybridized carbons (Fsp3) is 0.0833. The van der Waals surface area contributed by atoms with E-state index in [1.165, 1.54) is 29.5 Å². The zero-order valence-corrected chi connectivity index (χ0v) is 14.2. The number of hydrogen-bond donors (Lipinski definition) is 1. The summed E-state index contributed by atoms with van der Waals surface area (Å²) in [5, 5.41) is 4.66. The molecule has 0 bridgehead atoms. The normalized spacial score (nSPS) is 11.3. The number of nitrogens with one attached hydrogen (secondary N) is 1. The molecule has 0 saturated heterocycles. The maximum Gasteiger partial charge on any atom is 0.265 e. The molecule has 0 radical (unpaired) electrons. The Kier molecular flexibility index (Phi) is 4.53. The molecule has 0 aliphatic rings. The summed E-state index contributed by atoms with van der Waals surface area (Å²) in [5.74, 6) is -0.317. The molecule has 1 heterocycles. The molecule has 20 heavy (non-hydrogen) atoms. The summed E-state index contributed by atoms with van der Waals surface area (Å²) in [6, 6.07) is 5.90. The molecule has 0 atom stereocenters. The van der Waals surface area contributed by atoms with E-state index in [0.29, 0.717) is 10.6 Å². The lowest BCUT2D eigenvalue weighted by atomic mass is 10.3. The predicted molar refractivity (Wildman–Crippen MR) is 84.5 cm³/mol. The minimum Gasteiger partial charge on any atom is -0.321 e. The fourth-order valence-corrected chi connectivity index (χ4v) is 3.78. The fourth-order valence-electron chi connectivity index (χ4n) is 1.47. The lowest BCUT2D eigenvalue weighted by Gasteiger charge is -2.07. The summed E-state index contributed by atoms with van der Waals surface area (Å²) in [6.07, 6.45) is 1.08. The van der Waals surface area contributed by atoms with Crippen LogP contribution in [0.4, 0.5) is 5.69 Å². The Morgan fingerprint density at radius 2 is 2.00 bits per heavy atom. The highest BCUT2D eigenvalue weighted by Gasteiger charge is 2.13. The number of benzene rings is 1. The van der Waals surface area contributed by atoms with Crippen molar-refractivity contribution < 1.29 is 13.2 Å². The second kappa shape index (κ2) is 5.85. The molecule has 0 aliphatic carbocycles. The molecule has 2 rings (SSSR count). The molecule has 1 aromatic carbocycles. The molecule has 0 saturated carbocycles. The van der Waals surface area contributed by atoms with Crippen LogP contribution in [0, 0.1) is 0 Å². The Bertz CT molecular complexity index is 771. The van der Waals surface area contributed by atoms with Gasteiger partial charge in [-0.1, -0.05) is 11.6 Å². The standard InChI is InChI=1S/C12H9BrClNO3S2/c1-20(17,18)10-4-8(14)3-9(5-10)15-12(16)11-2-7(13)6-19-11/h2-6H,1H3,(H,15,16). The Hall–Kier alpha value is -0.890. The van der Waals surface area contributed by atoms with Crippen LogP contribution < -0.4 is 5.32 Å². The van der Waals surface area contributed by atoms with Gasteiger partial charge in [0.05, 0.1) is 9.77 Å².